The number of esters is 1. The molecule has 0 aromatic heterocycles. The van der Waals surface area contributed by atoms with Crippen molar-refractivity contribution in [3.8, 4) is 0 Å². The van der Waals surface area contributed by atoms with E-state index < -0.39 is 5.60 Å². The molecule has 1 heterocycles. The second-order valence-electron chi connectivity index (χ2n) is 11.6. The average Bonchev–Trinajstić information content (AvgIpc) is 3.27. The first kappa shape index (κ1) is 28.8. The number of hydrogen-bond donors (Lipinski definition) is 0. The fraction of sp³-hybridized carbons (Fsp3) is 0.250. The van der Waals surface area contributed by atoms with E-state index >= 15 is 0 Å². The summed E-state index contributed by atoms with van der Waals surface area (Å²) in [5.74, 6) is -0.327. The van der Waals surface area contributed by atoms with Crippen molar-refractivity contribution in [2.45, 2.75) is 5.60 Å². The Morgan fingerprint density at radius 1 is 0.571 bits per heavy atom. The maximum Gasteiger partial charge on any atom is 0.340 e. The van der Waals surface area contributed by atoms with Crippen molar-refractivity contribution in [2.75, 3.05) is 76.0 Å². The van der Waals surface area contributed by atoms with Crippen LogP contribution in [-0.4, -0.2) is 62.4 Å². The lowest BCUT2D eigenvalue weighted by Crippen LogP contribution is -2.26. The van der Waals surface area contributed by atoms with E-state index in [0.29, 0.717) is 5.56 Å². The van der Waals surface area contributed by atoms with Gasteiger partial charge in [0.2, 0.25) is 0 Å². The van der Waals surface area contributed by atoms with E-state index in [0.717, 1.165) is 50.6 Å². The number of carbonyl (C=O) groups is 1. The monoisotopic (exact) mass is 560 g/mol. The molecule has 0 saturated carbocycles. The summed E-state index contributed by atoms with van der Waals surface area (Å²) in [6, 6.07) is 31.3. The highest BCUT2D eigenvalue weighted by molar-refractivity contribution is 5.98. The fourth-order valence-corrected chi connectivity index (χ4v) is 5.39. The van der Waals surface area contributed by atoms with E-state index in [-0.39, 0.29) is 5.97 Å². The van der Waals surface area contributed by atoms with Crippen LogP contribution in [0.25, 0.3) is 5.57 Å². The molecule has 5 rings (SSSR count). The normalized spacial score (nSPS) is 15.5. The van der Waals surface area contributed by atoms with Crippen molar-refractivity contribution in [3.05, 3.63) is 125 Å². The number of fused-ring (bicyclic) bond motifs is 1. The molecule has 0 amide bonds. The predicted molar refractivity (Wildman–Crippen MR) is 176 cm³/mol. The molecule has 1 aliphatic rings. The quantitative estimate of drug-likeness (QED) is 0.229. The topological polar surface area (TPSA) is 39.3 Å². The lowest BCUT2D eigenvalue weighted by molar-refractivity contribution is 0.0276. The summed E-state index contributed by atoms with van der Waals surface area (Å²) in [7, 11) is 16.1. The van der Waals surface area contributed by atoms with Crippen LogP contribution >= 0.6 is 0 Å². The zero-order valence-corrected chi connectivity index (χ0v) is 25.8. The van der Waals surface area contributed by atoms with Gasteiger partial charge in [-0.05, 0) is 71.3 Å². The Labute approximate surface area is 250 Å². The van der Waals surface area contributed by atoms with Crippen molar-refractivity contribution in [1.29, 1.82) is 0 Å². The second kappa shape index (κ2) is 11.3. The molecule has 1 aliphatic heterocycles. The smallest absolute Gasteiger partial charge is 0.340 e. The van der Waals surface area contributed by atoms with Gasteiger partial charge in [-0.2, -0.15) is 0 Å². The summed E-state index contributed by atoms with van der Waals surface area (Å²) in [5.41, 5.74) is 8.52. The molecular weight excluding hydrogens is 520 g/mol. The van der Waals surface area contributed by atoms with E-state index in [1.807, 2.05) is 73.4 Å². The zero-order chi connectivity index (χ0) is 30.2. The third-order valence-electron chi connectivity index (χ3n) is 7.94. The average molecular weight is 561 g/mol. The van der Waals surface area contributed by atoms with E-state index in [4.69, 9.17) is 4.74 Å². The Kier molecular flexibility index (Phi) is 7.74. The molecular formula is C36H40N4O2. The molecule has 0 aliphatic carbocycles. The van der Waals surface area contributed by atoms with E-state index in [1.165, 1.54) is 0 Å². The molecule has 42 heavy (non-hydrogen) atoms. The van der Waals surface area contributed by atoms with Crippen LogP contribution in [0, 0.1) is 0 Å². The predicted octanol–water partition coefficient (Wildman–Crippen LogP) is 6.50. The Morgan fingerprint density at radius 2 is 0.976 bits per heavy atom. The highest BCUT2D eigenvalue weighted by atomic mass is 16.6. The van der Waals surface area contributed by atoms with Crippen LogP contribution in [0.5, 0.6) is 0 Å². The van der Waals surface area contributed by atoms with Crippen molar-refractivity contribution in [1.82, 2.24) is 0 Å². The van der Waals surface area contributed by atoms with Gasteiger partial charge in [-0.15, -0.1) is 0 Å². The highest BCUT2D eigenvalue weighted by Gasteiger charge is 2.46. The molecule has 0 fully saturated rings. The van der Waals surface area contributed by atoms with Crippen LogP contribution < -0.4 is 19.6 Å². The molecule has 4 aromatic rings. The van der Waals surface area contributed by atoms with Gasteiger partial charge in [-0.3, -0.25) is 0 Å². The summed E-state index contributed by atoms with van der Waals surface area (Å²) in [6.07, 6.45) is 2.13. The lowest BCUT2D eigenvalue weighted by atomic mass is 9.81. The van der Waals surface area contributed by atoms with Crippen LogP contribution in [0.1, 0.15) is 32.6 Å². The largest absolute Gasteiger partial charge is 0.441 e. The van der Waals surface area contributed by atoms with Crippen LogP contribution in [0.3, 0.4) is 0 Å². The third kappa shape index (κ3) is 5.32. The maximum absolute atomic E-state index is 13.6. The Bertz CT molecular complexity index is 1550. The van der Waals surface area contributed by atoms with Crippen LogP contribution in [0.15, 0.2) is 97.1 Å². The van der Waals surface area contributed by atoms with E-state index in [1.54, 1.807) is 0 Å². The molecule has 0 spiro atoms. The minimum absolute atomic E-state index is 0.327. The molecule has 0 radical (unpaired) electrons. The fourth-order valence-electron chi connectivity index (χ4n) is 5.39. The Morgan fingerprint density at radius 3 is 1.40 bits per heavy atom. The summed E-state index contributed by atoms with van der Waals surface area (Å²) in [6.45, 7) is 0. The highest BCUT2D eigenvalue weighted by Crippen LogP contribution is 2.47. The number of cyclic esters (lactones) is 1. The zero-order valence-electron chi connectivity index (χ0n) is 25.8. The second-order valence-corrected chi connectivity index (χ2v) is 11.6. The van der Waals surface area contributed by atoms with Gasteiger partial charge in [-0.1, -0.05) is 42.5 Å². The van der Waals surface area contributed by atoms with Crippen LogP contribution in [0.4, 0.5) is 22.7 Å². The molecule has 6 nitrogen and oxygen atoms in total. The molecule has 6 heteroatoms. The number of rotatable bonds is 8. The summed E-state index contributed by atoms with van der Waals surface area (Å²) >= 11 is 0. The standard InChI is InChI=1S/C36H40N4O2/c1-37(2)28-15-9-25(10-16-28)33(26-11-17-29(18-12-26)38(3)4)24-36(27-13-19-30(20-14-27)39(5)6)34-22-21-31(40(7)8)23-32(34)35(41)42-36/h9-24H,1-8H3. The van der Waals surface area contributed by atoms with Gasteiger partial charge in [0.15, 0.2) is 5.60 Å². The SMILES string of the molecule is CN(C)c1ccc(C(=CC2(c3ccc(N(C)C)cc3)OC(=O)c3cc(N(C)C)ccc32)c2ccc(N(C)C)cc2)cc1. The number of hydrogen-bond acceptors (Lipinski definition) is 6. The van der Waals surface area contributed by atoms with E-state index in [2.05, 4.69) is 99.6 Å². The molecule has 1 atom stereocenters. The van der Waals surface area contributed by atoms with Gasteiger partial charge in [0.1, 0.15) is 0 Å². The summed E-state index contributed by atoms with van der Waals surface area (Å²) in [5, 5.41) is 0. The number of carbonyl (C=O) groups excluding carboxylic acids is 1. The van der Waals surface area contributed by atoms with Crippen molar-refractivity contribution < 1.29 is 9.53 Å². The van der Waals surface area contributed by atoms with Gasteiger partial charge in [0.05, 0.1) is 5.56 Å². The van der Waals surface area contributed by atoms with Gasteiger partial charge in [0.25, 0.3) is 0 Å². The molecule has 216 valence electrons. The van der Waals surface area contributed by atoms with Crippen LogP contribution in [0.2, 0.25) is 0 Å². The Hall–Kier alpha value is -4.71. The summed E-state index contributed by atoms with van der Waals surface area (Å²) < 4.78 is 6.47. The third-order valence-corrected chi connectivity index (χ3v) is 7.94. The minimum Gasteiger partial charge on any atom is -0.441 e. The first-order valence-corrected chi connectivity index (χ1v) is 14.1. The molecule has 0 bridgehead atoms. The first-order valence-electron chi connectivity index (χ1n) is 14.1. The Balaban J connectivity index is 1.79. The number of nitrogens with zero attached hydrogens (tertiary/aromatic N) is 4. The van der Waals surface area contributed by atoms with Crippen molar-refractivity contribution >= 4 is 34.3 Å². The molecule has 0 N–H and O–H groups in total. The van der Waals surface area contributed by atoms with Gasteiger partial charge >= 0.3 is 5.97 Å². The number of benzene rings is 4. The lowest BCUT2D eigenvalue weighted by Gasteiger charge is -2.29. The molecule has 0 saturated heterocycles. The van der Waals surface area contributed by atoms with E-state index in [9.17, 15) is 4.79 Å². The van der Waals surface area contributed by atoms with Gasteiger partial charge in [0, 0.05) is 90.3 Å². The van der Waals surface area contributed by atoms with Crippen molar-refractivity contribution in [2.24, 2.45) is 0 Å². The summed E-state index contributed by atoms with van der Waals surface area (Å²) in [4.78, 5) is 21.8. The first-order chi connectivity index (χ1) is 20.0. The molecule has 1 unspecified atom stereocenters. The van der Waals surface area contributed by atoms with Crippen molar-refractivity contribution in [3.63, 3.8) is 0 Å². The number of ether oxygens (including phenoxy) is 1. The van der Waals surface area contributed by atoms with Crippen LogP contribution in [-0.2, 0) is 10.3 Å². The maximum atomic E-state index is 13.6. The number of anilines is 4. The minimum atomic E-state index is -1.11. The van der Waals surface area contributed by atoms with Gasteiger partial charge in [-0.25, -0.2) is 4.79 Å². The molecule has 4 aromatic carbocycles. The van der Waals surface area contributed by atoms with Gasteiger partial charge < -0.3 is 24.3 Å².